The molecule has 1 atom stereocenters. The van der Waals surface area contributed by atoms with Crippen molar-refractivity contribution in [2.45, 2.75) is 12.5 Å². The van der Waals surface area contributed by atoms with Gasteiger partial charge in [0.25, 0.3) is 5.69 Å². The highest BCUT2D eigenvalue weighted by molar-refractivity contribution is 6.04. The summed E-state index contributed by atoms with van der Waals surface area (Å²) >= 11 is 0. The Kier molecular flexibility index (Phi) is 2.75. The van der Waals surface area contributed by atoms with Gasteiger partial charge >= 0.3 is 0 Å². The molecule has 2 heterocycles. The zero-order chi connectivity index (χ0) is 13.2. The van der Waals surface area contributed by atoms with E-state index in [9.17, 15) is 10.1 Å². The standard InChI is InChI=1S/C13H11N3O3/c17-16(18)12-5-2-1-4-9(12)10-8-11(15-14-10)13-6-3-7-19-13/h1-7,11,15H,8H2. The van der Waals surface area contributed by atoms with Crippen LogP contribution in [-0.4, -0.2) is 10.6 Å². The lowest BCUT2D eigenvalue weighted by atomic mass is 10.0. The van der Waals surface area contributed by atoms with Crippen molar-refractivity contribution >= 4 is 11.4 Å². The second-order valence-electron chi connectivity index (χ2n) is 4.23. The lowest BCUT2D eigenvalue weighted by Crippen LogP contribution is -2.09. The van der Waals surface area contributed by atoms with E-state index >= 15 is 0 Å². The molecule has 0 bridgehead atoms. The van der Waals surface area contributed by atoms with Gasteiger partial charge in [0, 0.05) is 12.5 Å². The number of nitro benzene ring substituents is 1. The van der Waals surface area contributed by atoms with Crippen molar-refractivity contribution in [3.8, 4) is 0 Å². The topological polar surface area (TPSA) is 80.7 Å². The van der Waals surface area contributed by atoms with Crippen molar-refractivity contribution in [1.29, 1.82) is 0 Å². The number of nitrogens with one attached hydrogen (secondary N) is 1. The van der Waals surface area contributed by atoms with E-state index in [-0.39, 0.29) is 11.7 Å². The van der Waals surface area contributed by atoms with E-state index in [1.54, 1.807) is 30.5 Å². The van der Waals surface area contributed by atoms with Crippen molar-refractivity contribution in [1.82, 2.24) is 5.43 Å². The summed E-state index contributed by atoms with van der Waals surface area (Å²) in [6.07, 6.45) is 2.17. The Bertz CT molecular complexity index is 634. The summed E-state index contributed by atoms with van der Waals surface area (Å²) in [6, 6.07) is 10.2. The van der Waals surface area contributed by atoms with Crippen LogP contribution in [-0.2, 0) is 0 Å². The Morgan fingerprint density at radius 2 is 2.16 bits per heavy atom. The van der Waals surface area contributed by atoms with Crippen LogP contribution in [0.15, 0.2) is 52.2 Å². The van der Waals surface area contributed by atoms with Gasteiger partial charge in [0.1, 0.15) is 11.8 Å². The van der Waals surface area contributed by atoms with E-state index in [2.05, 4.69) is 10.5 Å². The van der Waals surface area contributed by atoms with Crippen LogP contribution in [0.5, 0.6) is 0 Å². The quantitative estimate of drug-likeness (QED) is 0.677. The Morgan fingerprint density at radius 1 is 1.32 bits per heavy atom. The summed E-state index contributed by atoms with van der Waals surface area (Å²) in [6.45, 7) is 0. The van der Waals surface area contributed by atoms with Crippen molar-refractivity contribution in [2.24, 2.45) is 5.10 Å². The normalized spacial score (nSPS) is 17.9. The molecule has 0 aliphatic carbocycles. The van der Waals surface area contributed by atoms with Crippen LogP contribution < -0.4 is 5.43 Å². The molecular weight excluding hydrogens is 246 g/mol. The average molecular weight is 257 g/mol. The average Bonchev–Trinajstić information content (AvgIpc) is 3.09. The van der Waals surface area contributed by atoms with E-state index in [0.29, 0.717) is 17.7 Å². The number of hydrazone groups is 1. The number of hydrogen-bond acceptors (Lipinski definition) is 5. The van der Waals surface area contributed by atoms with Crippen molar-refractivity contribution in [2.75, 3.05) is 0 Å². The second-order valence-corrected chi connectivity index (χ2v) is 4.23. The molecule has 96 valence electrons. The number of furan rings is 1. The monoisotopic (exact) mass is 257 g/mol. The predicted octanol–water partition coefficient (Wildman–Crippen LogP) is 2.63. The maximum atomic E-state index is 11.0. The smallest absolute Gasteiger partial charge is 0.278 e. The Hall–Kier alpha value is -2.63. The third-order valence-electron chi connectivity index (χ3n) is 3.05. The van der Waals surface area contributed by atoms with Gasteiger partial charge in [-0.05, 0) is 18.2 Å². The number of nitro groups is 1. The number of benzene rings is 1. The minimum absolute atomic E-state index is 0.0650. The maximum absolute atomic E-state index is 11.0. The van der Waals surface area contributed by atoms with Crippen LogP contribution in [0.3, 0.4) is 0 Å². The zero-order valence-corrected chi connectivity index (χ0v) is 9.95. The first kappa shape index (κ1) is 11.5. The van der Waals surface area contributed by atoms with Crippen LogP contribution in [0.2, 0.25) is 0 Å². The largest absolute Gasteiger partial charge is 0.467 e. The molecule has 3 rings (SSSR count). The molecule has 0 amide bonds. The second kappa shape index (κ2) is 4.56. The summed E-state index contributed by atoms with van der Waals surface area (Å²) in [4.78, 5) is 10.6. The lowest BCUT2D eigenvalue weighted by molar-refractivity contribution is -0.385. The van der Waals surface area contributed by atoms with E-state index in [4.69, 9.17) is 4.42 Å². The molecule has 1 N–H and O–H groups in total. The number of rotatable bonds is 3. The SMILES string of the molecule is O=[N+]([O-])c1ccccc1C1=NNC(c2ccco2)C1. The molecule has 0 saturated carbocycles. The maximum Gasteiger partial charge on any atom is 0.278 e. The Labute approximate surface area is 108 Å². The molecule has 0 fully saturated rings. The van der Waals surface area contributed by atoms with Crippen LogP contribution in [0.4, 0.5) is 5.69 Å². The van der Waals surface area contributed by atoms with Gasteiger partial charge in [-0.2, -0.15) is 5.10 Å². The first-order chi connectivity index (χ1) is 9.25. The van der Waals surface area contributed by atoms with E-state index in [1.807, 2.05) is 6.07 Å². The van der Waals surface area contributed by atoms with E-state index in [1.165, 1.54) is 6.07 Å². The van der Waals surface area contributed by atoms with Crippen molar-refractivity contribution in [3.63, 3.8) is 0 Å². The third kappa shape index (κ3) is 2.08. The number of para-hydroxylation sites is 1. The molecule has 6 heteroatoms. The first-order valence-corrected chi connectivity index (χ1v) is 5.85. The van der Waals surface area contributed by atoms with E-state index < -0.39 is 4.92 Å². The summed E-state index contributed by atoms with van der Waals surface area (Å²) in [5, 5.41) is 15.2. The van der Waals surface area contributed by atoms with Gasteiger partial charge in [0.2, 0.25) is 0 Å². The highest BCUT2D eigenvalue weighted by Crippen LogP contribution is 2.28. The van der Waals surface area contributed by atoms with Crippen molar-refractivity contribution in [3.05, 3.63) is 64.1 Å². The van der Waals surface area contributed by atoms with Crippen LogP contribution >= 0.6 is 0 Å². The fraction of sp³-hybridized carbons (Fsp3) is 0.154. The lowest BCUT2D eigenvalue weighted by Gasteiger charge is -2.05. The molecular formula is C13H11N3O3. The molecule has 1 aromatic heterocycles. The molecule has 19 heavy (non-hydrogen) atoms. The predicted molar refractivity (Wildman–Crippen MR) is 68.8 cm³/mol. The summed E-state index contributed by atoms with van der Waals surface area (Å²) in [7, 11) is 0. The molecule has 0 saturated heterocycles. The highest BCUT2D eigenvalue weighted by Gasteiger charge is 2.27. The van der Waals surface area contributed by atoms with Gasteiger partial charge in [-0.25, -0.2) is 0 Å². The molecule has 0 spiro atoms. The number of hydrogen-bond donors (Lipinski definition) is 1. The number of nitrogens with zero attached hydrogens (tertiary/aromatic N) is 2. The molecule has 2 aromatic rings. The van der Waals surface area contributed by atoms with E-state index in [0.717, 1.165) is 5.76 Å². The van der Waals surface area contributed by atoms with Gasteiger partial charge in [0.15, 0.2) is 0 Å². The van der Waals surface area contributed by atoms with Crippen LogP contribution in [0.25, 0.3) is 0 Å². The highest BCUT2D eigenvalue weighted by atomic mass is 16.6. The summed E-state index contributed by atoms with van der Waals surface area (Å²) < 4.78 is 5.31. The Balaban J connectivity index is 1.87. The fourth-order valence-corrected chi connectivity index (χ4v) is 2.14. The van der Waals surface area contributed by atoms with Gasteiger partial charge in [-0.15, -0.1) is 0 Å². The van der Waals surface area contributed by atoms with Gasteiger partial charge in [0.05, 0.1) is 22.5 Å². The molecule has 6 nitrogen and oxygen atoms in total. The molecule has 1 aromatic carbocycles. The third-order valence-corrected chi connectivity index (χ3v) is 3.05. The molecule has 0 radical (unpaired) electrons. The summed E-state index contributed by atoms with van der Waals surface area (Å²) in [5.74, 6) is 0.775. The molecule has 1 aliphatic rings. The first-order valence-electron chi connectivity index (χ1n) is 5.85. The van der Waals surface area contributed by atoms with Gasteiger partial charge in [-0.1, -0.05) is 12.1 Å². The van der Waals surface area contributed by atoms with Crippen LogP contribution in [0.1, 0.15) is 23.8 Å². The zero-order valence-electron chi connectivity index (χ0n) is 9.95. The minimum atomic E-state index is -0.391. The molecule has 1 aliphatic heterocycles. The Morgan fingerprint density at radius 3 is 2.89 bits per heavy atom. The van der Waals surface area contributed by atoms with Crippen molar-refractivity contribution < 1.29 is 9.34 Å². The van der Waals surface area contributed by atoms with Crippen LogP contribution in [0, 0.1) is 10.1 Å². The minimum Gasteiger partial charge on any atom is -0.467 e. The van der Waals surface area contributed by atoms with Gasteiger partial charge < -0.3 is 4.42 Å². The van der Waals surface area contributed by atoms with Gasteiger partial charge in [-0.3, -0.25) is 15.5 Å². The molecule has 1 unspecified atom stereocenters. The summed E-state index contributed by atoms with van der Waals surface area (Å²) in [5.41, 5.74) is 4.24. The fourth-order valence-electron chi connectivity index (χ4n) is 2.14.